The van der Waals surface area contributed by atoms with Gasteiger partial charge in [0.15, 0.2) is 0 Å². The molecule has 7 nitrogen and oxygen atoms in total. The van der Waals surface area contributed by atoms with E-state index in [1.807, 2.05) is 31.2 Å². The molecule has 1 amide bonds. The van der Waals surface area contributed by atoms with Crippen molar-refractivity contribution in [2.75, 3.05) is 5.32 Å². The van der Waals surface area contributed by atoms with Gasteiger partial charge >= 0.3 is 0 Å². The van der Waals surface area contributed by atoms with Gasteiger partial charge in [-0.2, -0.15) is 5.10 Å². The van der Waals surface area contributed by atoms with E-state index in [1.165, 1.54) is 0 Å². The average Bonchev–Trinajstić information content (AvgIpc) is 3.54. The summed E-state index contributed by atoms with van der Waals surface area (Å²) >= 11 is 12.5. The summed E-state index contributed by atoms with van der Waals surface area (Å²) in [5.74, 6) is 1.34. The van der Waals surface area contributed by atoms with Crippen LogP contribution in [0, 0.1) is 5.92 Å². The first kappa shape index (κ1) is 20.7. The van der Waals surface area contributed by atoms with Crippen LogP contribution < -0.4 is 10.1 Å². The number of nitrogens with one attached hydrogen (secondary N) is 2. The Balaban J connectivity index is 1.39. The Labute approximate surface area is 194 Å². The highest BCUT2D eigenvalue weighted by atomic mass is 35.5. The third-order valence-electron chi connectivity index (χ3n) is 5.38. The second-order valence-corrected chi connectivity index (χ2v) is 8.57. The molecule has 9 heteroatoms. The zero-order valence-electron chi connectivity index (χ0n) is 17.1. The second-order valence-electron chi connectivity index (χ2n) is 7.75. The number of hydrogen-bond acceptors (Lipinski definition) is 5. The molecule has 1 aliphatic carbocycles. The third-order valence-corrected chi connectivity index (χ3v) is 5.98. The van der Waals surface area contributed by atoms with Crippen molar-refractivity contribution in [2.24, 2.45) is 5.92 Å². The number of benzene rings is 1. The number of ether oxygens (including phenoxy) is 1. The number of nitrogens with zero attached hydrogens (tertiary/aromatic N) is 3. The van der Waals surface area contributed by atoms with Crippen LogP contribution in [0.3, 0.4) is 0 Å². The molecule has 162 valence electrons. The predicted molar refractivity (Wildman–Crippen MR) is 124 cm³/mol. The van der Waals surface area contributed by atoms with Crippen LogP contribution in [0.1, 0.15) is 31.4 Å². The van der Waals surface area contributed by atoms with Crippen LogP contribution in [0.15, 0.2) is 48.9 Å². The summed E-state index contributed by atoms with van der Waals surface area (Å²) < 4.78 is 6.12. The minimum absolute atomic E-state index is 0.0285. The van der Waals surface area contributed by atoms with Crippen molar-refractivity contribution in [2.45, 2.75) is 25.9 Å². The quantitative estimate of drug-likeness (QED) is 0.372. The number of hydrogen-bond donors (Lipinski definition) is 2. The molecule has 0 saturated heterocycles. The van der Waals surface area contributed by atoms with E-state index in [9.17, 15) is 4.79 Å². The maximum Gasteiger partial charge on any atom is 0.228 e. The average molecular weight is 468 g/mol. The number of aromatic amines is 1. The van der Waals surface area contributed by atoms with Gasteiger partial charge < -0.3 is 10.1 Å². The van der Waals surface area contributed by atoms with Gasteiger partial charge in [-0.1, -0.05) is 23.2 Å². The van der Waals surface area contributed by atoms with E-state index < -0.39 is 0 Å². The lowest BCUT2D eigenvalue weighted by Gasteiger charge is -2.17. The van der Waals surface area contributed by atoms with Crippen molar-refractivity contribution in [1.82, 2.24) is 20.2 Å². The molecule has 5 rings (SSSR count). The van der Waals surface area contributed by atoms with E-state index in [4.69, 9.17) is 27.9 Å². The highest BCUT2D eigenvalue weighted by molar-refractivity contribution is 6.35. The van der Waals surface area contributed by atoms with Gasteiger partial charge in [-0.3, -0.25) is 14.9 Å². The van der Waals surface area contributed by atoms with Crippen LogP contribution in [0.4, 0.5) is 5.82 Å². The number of halogens is 2. The highest BCUT2D eigenvalue weighted by Gasteiger charge is 2.29. The molecule has 0 radical (unpaired) electrons. The fourth-order valence-corrected chi connectivity index (χ4v) is 4.21. The zero-order chi connectivity index (χ0) is 22.2. The van der Waals surface area contributed by atoms with Crippen LogP contribution >= 0.6 is 23.2 Å². The summed E-state index contributed by atoms with van der Waals surface area (Å²) in [4.78, 5) is 20.3. The monoisotopic (exact) mass is 467 g/mol. The number of pyridine rings is 2. The molecule has 1 atom stereocenters. The number of rotatable bonds is 6. The van der Waals surface area contributed by atoms with E-state index in [2.05, 4.69) is 25.5 Å². The number of fused-ring (bicyclic) bond motifs is 1. The first-order chi connectivity index (χ1) is 15.5. The van der Waals surface area contributed by atoms with Gasteiger partial charge in [0.2, 0.25) is 5.91 Å². The molecular weight excluding hydrogens is 449 g/mol. The lowest BCUT2D eigenvalue weighted by atomic mass is 10.1. The van der Waals surface area contributed by atoms with Gasteiger partial charge in [0.05, 0.1) is 15.6 Å². The summed E-state index contributed by atoms with van der Waals surface area (Å²) in [6, 6.07) is 9.35. The Bertz CT molecular complexity index is 1280. The summed E-state index contributed by atoms with van der Waals surface area (Å²) in [6.07, 6.45) is 6.32. The van der Waals surface area contributed by atoms with Crippen molar-refractivity contribution in [3.05, 3.63) is 64.5 Å². The van der Waals surface area contributed by atoms with E-state index in [0.717, 1.165) is 35.0 Å². The number of carbonyl (C=O) groups is 1. The number of H-pyrrole nitrogens is 1. The van der Waals surface area contributed by atoms with Gasteiger partial charge in [-0.25, -0.2) is 4.98 Å². The molecule has 4 aromatic rings. The standard InChI is InChI=1S/C23H19Cl2N5O2/c1-12(21-17(24)10-26-11-18(21)25)32-15-5-6-19-16(8-15)22(30-29-19)14-4-7-20(27-9-14)28-23(31)13-2-3-13/h4-13H,2-3H2,1H3,(H,29,30)(H,27,28,31)/t12-/m1/s1. The van der Waals surface area contributed by atoms with Crippen LogP contribution in [-0.4, -0.2) is 26.1 Å². The summed E-state index contributed by atoms with van der Waals surface area (Å²) in [6.45, 7) is 1.88. The van der Waals surface area contributed by atoms with Gasteiger partial charge in [0.1, 0.15) is 23.4 Å². The van der Waals surface area contributed by atoms with E-state index >= 15 is 0 Å². The molecule has 0 bridgehead atoms. The van der Waals surface area contributed by atoms with Crippen LogP contribution in [0.5, 0.6) is 5.75 Å². The van der Waals surface area contributed by atoms with Crippen molar-refractivity contribution in [1.29, 1.82) is 0 Å². The minimum Gasteiger partial charge on any atom is -0.486 e. The Morgan fingerprint density at radius 3 is 2.62 bits per heavy atom. The molecule has 1 saturated carbocycles. The van der Waals surface area contributed by atoms with Gasteiger partial charge in [0, 0.05) is 41.0 Å². The smallest absolute Gasteiger partial charge is 0.228 e. The summed E-state index contributed by atoms with van der Waals surface area (Å²) in [5, 5.41) is 12.1. The van der Waals surface area contributed by atoms with E-state index in [0.29, 0.717) is 27.2 Å². The number of carbonyl (C=O) groups excluding carboxylic acids is 1. The van der Waals surface area contributed by atoms with Crippen molar-refractivity contribution >= 4 is 45.8 Å². The van der Waals surface area contributed by atoms with Crippen molar-refractivity contribution in [3.63, 3.8) is 0 Å². The molecule has 2 N–H and O–H groups in total. The van der Waals surface area contributed by atoms with E-state index in [-0.39, 0.29) is 17.9 Å². The second kappa shape index (κ2) is 8.41. The van der Waals surface area contributed by atoms with Crippen LogP contribution in [0.2, 0.25) is 10.0 Å². The summed E-state index contributed by atoms with van der Waals surface area (Å²) in [5.41, 5.74) is 3.12. The molecule has 3 heterocycles. The number of anilines is 1. The maximum absolute atomic E-state index is 11.9. The van der Waals surface area contributed by atoms with Gasteiger partial charge in [-0.05, 0) is 50.1 Å². The first-order valence-electron chi connectivity index (χ1n) is 10.2. The van der Waals surface area contributed by atoms with Gasteiger partial charge in [-0.15, -0.1) is 0 Å². The Hall–Kier alpha value is -3.16. The molecule has 3 aromatic heterocycles. The minimum atomic E-state index is -0.373. The number of aromatic nitrogens is 4. The lowest BCUT2D eigenvalue weighted by Crippen LogP contribution is -2.14. The normalized spacial score (nSPS) is 14.3. The molecular formula is C23H19Cl2N5O2. The van der Waals surface area contributed by atoms with Crippen molar-refractivity contribution < 1.29 is 9.53 Å². The molecule has 1 fully saturated rings. The molecule has 0 aliphatic heterocycles. The third kappa shape index (κ3) is 4.13. The Morgan fingerprint density at radius 2 is 1.94 bits per heavy atom. The topological polar surface area (TPSA) is 92.8 Å². The number of amides is 1. The predicted octanol–water partition coefficient (Wildman–Crippen LogP) is 5.82. The van der Waals surface area contributed by atoms with Gasteiger partial charge in [0.25, 0.3) is 0 Å². The molecule has 0 spiro atoms. The first-order valence-corrected chi connectivity index (χ1v) is 11.0. The molecule has 1 aromatic carbocycles. The SMILES string of the molecule is C[C@@H](Oc1ccc2[nH]nc(-c3ccc(NC(=O)C4CC4)nc3)c2c1)c1c(Cl)cncc1Cl. The largest absolute Gasteiger partial charge is 0.486 e. The van der Waals surface area contributed by atoms with Crippen LogP contribution in [-0.2, 0) is 4.79 Å². The maximum atomic E-state index is 11.9. The zero-order valence-corrected chi connectivity index (χ0v) is 18.6. The molecule has 32 heavy (non-hydrogen) atoms. The molecule has 1 aliphatic rings. The van der Waals surface area contributed by atoms with Crippen molar-refractivity contribution in [3.8, 4) is 17.0 Å². The summed E-state index contributed by atoms with van der Waals surface area (Å²) in [7, 11) is 0. The van der Waals surface area contributed by atoms with Crippen LogP contribution in [0.25, 0.3) is 22.2 Å². The highest BCUT2D eigenvalue weighted by Crippen LogP contribution is 2.35. The lowest BCUT2D eigenvalue weighted by molar-refractivity contribution is -0.117. The molecule has 0 unspecified atom stereocenters. The Morgan fingerprint density at radius 1 is 1.16 bits per heavy atom. The van der Waals surface area contributed by atoms with E-state index in [1.54, 1.807) is 24.7 Å². The fraction of sp³-hybridized carbons (Fsp3) is 0.217. The fourth-order valence-electron chi connectivity index (χ4n) is 3.54. The Kier molecular flexibility index (Phi) is 5.45.